The molecule has 5 heteroatoms. The van der Waals surface area contributed by atoms with Crippen LogP contribution in [0.3, 0.4) is 0 Å². The van der Waals surface area contributed by atoms with E-state index in [4.69, 9.17) is 5.26 Å². The molecule has 0 aliphatic carbocycles. The maximum atomic E-state index is 10.7. The number of rotatable bonds is 2. The van der Waals surface area contributed by atoms with Gasteiger partial charge in [-0.3, -0.25) is 4.57 Å². The van der Waals surface area contributed by atoms with Crippen molar-refractivity contribution in [3.8, 4) is 11.8 Å². The standard InChI is InChI=1S/C11H7N3O2/c12-7-8-1-3-9(4-2-8)14-6-5-13-10(14)11(15)16/h1-6H,(H,15,16)/p-1. The van der Waals surface area contributed by atoms with Gasteiger partial charge >= 0.3 is 0 Å². The number of carboxylic acid groups (broad SMARTS) is 1. The van der Waals surface area contributed by atoms with Gasteiger partial charge in [-0.2, -0.15) is 5.26 Å². The summed E-state index contributed by atoms with van der Waals surface area (Å²) in [6.45, 7) is 0. The molecule has 0 bridgehead atoms. The lowest BCUT2D eigenvalue weighted by molar-refractivity contribution is -0.256. The third-order valence-electron chi connectivity index (χ3n) is 2.10. The van der Waals surface area contributed by atoms with Crippen molar-refractivity contribution >= 4 is 5.97 Å². The monoisotopic (exact) mass is 212 g/mol. The van der Waals surface area contributed by atoms with Crippen molar-refractivity contribution in [2.75, 3.05) is 0 Å². The van der Waals surface area contributed by atoms with Crippen LogP contribution in [0.1, 0.15) is 16.2 Å². The number of aromatic nitrogens is 2. The van der Waals surface area contributed by atoms with Gasteiger partial charge in [0.2, 0.25) is 0 Å². The molecule has 0 atom stereocenters. The Morgan fingerprint density at radius 2 is 2.06 bits per heavy atom. The molecule has 0 fully saturated rings. The third kappa shape index (κ3) is 1.64. The van der Waals surface area contributed by atoms with Crippen LogP contribution in [0.5, 0.6) is 0 Å². The van der Waals surface area contributed by atoms with Crippen molar-refractivity contribution in [2.24, 2.45) is 0 Å². The molecule has 0 saturated heterocycles. The Morgan fingerprint density at radius 3 is 2.62 bits per heavy atom. The van der Waals surface area contributed by atoms with E-state index in [2.05, 4.69) is 4.98 Å². The van der Waals surface area contributed by atoms with Gasteiger partial charge < -0.3 is 9.90 Å². The highest BCUT2D eigenvalue weighted by atomic mass is 16.4. The van der Waals surface area contributed by atoms with Gasteiger partial charge in [-0.1, -0.05) is 0 Å². The molecule has 16 heavy (non-hydrogen) atoms. The molecule has 5 nitrogen and oxygen atoms in total. The molecule has 0 unspecified atom stereocenters. The minimum absolute atomic E-state index is 0.162. The molecule has 0 aliphatic rings. The number of benzene rings is 1. The Morgan fingerprint density at radius 1 is 1.38 bits per heavy atom. The average molecular weight is 212 g/mol. The van der Waals surface area contributed by atoms with Crippen molar-refractivity contribution in [1.29, 1.82) is 5.26 Å². The third-order valence-corrected chi connectivity index (χ3v) is 2.10. The maximum Gasteiger partial charge on any atom is 0.160 e. The summed E-state index contributed by atoms with van der Waals surface area (Å²) >= 11 is 0. The van der Waals surface area contributed by atoms with Gasteiger partial charge in [0, 0.05) is 18.1 Å². The number of hydrogen-bond acceptors (Lipinski definition) is 4. The van der Waals surface area contributed by atoms with E-state index in [1.807, 2.05) is 6.07 Å². The molecule has 0 aliphatic heterocycles. The van der Waals surface area contributed by atoms with Crippen LogP contribution < -0.4 is 5.11 Å². The van der Waals surface area contributed by atoms with Crippen LogP contribution in [0.15, 0.2) is 36.7 Å². The first-order valence-corrected chi connectivity index (χ1v) is 4.47. The number of nitrogens with zero attached hydrogens (tertiary/aromatic N) is 3. The molecular formula is C11H6N3O2-. The molecular weight excluding hydrogens is 206 g/mol. The Hall–Kier alpha value is -2.61. The van der Waals surface area contributed by atoms with Crippen LogP contribution in [0, 0.1) is 11.3 Å². The molecule has 1 aromatic heterocycles. The SMILES string of the molecule is N#Cc1ccc(-n2ccnc2C(=O)[O-])cc1. The highest BCUT2D eigenvalue weighted by molar-refractivity contribution is 5.82. The first-order chi connectivity index (χ1) is 7.72. The minimum atomic E-state index is -1.34. The van der Waals surface area contributed by atoms with E-state index in [0.717, 1.165) is 0 Å². The predicted octanol–water partition coefficient (Wildman–Crippen LogP) is 0.107. The van der Waals surface area contributed by atoms with Crippen LogP contribution in [-0.4, -0.2) is 15.5 Å². The quantitative estimate of drug-likeness (QED) is 0.707. The van der Waals surface area contributed by atoms with Gasteiger partial charge in [-0.15, -0.1) is 0 Å². The summed E-state index contributed by atoms with van der Waals surface area (Å²) in [5, 5.41) is 19.4. The van der Waals surface area contributed by atoms with E-state index in [0.29, 0.717) is 11.3 Å². The Balaban J connectivity index is 2.47. The van der Waals surface area contributed by atoms with Crippen LogP contribution >= 0.6 is 0 Å². The van der Waals surface area contributed by atoms with E-state index in [9.17, 15) is 9.90 Å². The Kier molecular flexibility index (Phi) is 2.40. The molecule has 2 aromatic rings. The molecule has 2 rings (SSSR count). The summed E-state index contributed by atoms with van der Waals surface area (Å²) in [6.07, 6.45) is 2.90. The molecule has 78 valence electrons. The second-order valence-electron chi connectivity index (χ2n) is 3.07. The maximum absolute atomic E-state index is 10.7. The van der Waals surface area contributed by atoms with E-state index in [-0.39, 0.29) is 5.82 Å². The number of imidazole rings is 1. The van der Waals surface area contributed by atoms with Gasteiger partial charge in [-0.05, 0) is 24.3 Å². The molecule has 0 radical (unpaired) electrons. The molecule has 0 spiro atoms. The Labute approximate surface area is 91.2 Å². The summed E-state index contributed by atoms with van der Waals surface area (Å²) in [5.74, 6) is -1.50. The topological polar surface area (TPSA) is 81.7 Å². The first kappa shape index (κ1) is 9.93. The molecule has 0 N–H and O–H groups in total. The normalized spacial score (nSPS) is 9.69. The van der Waals surface area contributed by atoms with Crippen LogP contribution in [-0.2, 0) is 0 Å². The second kappa shape index (κ2) is 3.87. The van der Waals surface area contributed by atoms with Crippen molar-refractivity contribution in [1.82, 2.24) is 9.55 Å². The summed E-state index contributed by atoms with van der Waals surface area (Å²) in [7, 11) is 0. The van der Waals surface area contributed by atoms with Crippen LogP contribution in [0.25, 0.3) is 5.69 Å². The fraction of sp³-hybridized carbons (Fsp3) is 0. The number of hydrogen-bond donors (Lipinski definition) is 0. The highest BCUT2D eigenvalue weighted by Crippen LogP contribution is 2.11. The lowest BCUT2D eigenvalue weighted by atomic mass is 10.2. The largest absolute Gasteiger partial charge is 0.542 e. The molecule has 0 amide bonds. The van der Waals surface area contributed by atoms with Gasteiger partial charge in [0.05, 0.1) is 11.6 Å². The average Bonchev–Trinajstić information content (AvgIpc) is 2.78. The van der Waals surface area contributed by atoms with Crippen molar-refractivity contribution < 1.29 is 9.90 Å². The predicted molar refractivity (Wildman–Crippen MR) is 52.6 cm³/mol. The second-order valence-corrected chi connectivity index (χ2v) is 3.07. The Bertz CT molecular complexity index is 564. The van der Waals surface area contributed by atoms with Gasteiger partial charge in [0.25, 0.3) is 0 Å². The lowest BCUT2D eigenvalue weighted by Gasteiger charge is -2.07. The van der Waals surface area contributed by atoms with E-state index < -0.39 is 5.97 Å². The summed E-state index contributed by atoms with van der Waals surface area (Å²) < 4.78 is 1.39. The van der Waals surface area contributed by atoms with Crippen molar-refractivity contribution in [2.45, 2.75) is 0 Å². The van der Waals surface area contributed by atoms with Crippen molar-refractivity contribution in [3.63, 3.8) is 0 Å². The fourth-order valence-electron chi connectivity index (χ4n) is 1.36. The smallest absolute Gasteiger partial charge is 0.160 e. The molecule has 0 saturated carbocycles. The van der Waals surface area contributed by atoms with Crippen molar-refractivity contribution in [3.05, 3.63) is 48.0 Å². The summed E-state index contributed by atoms with van der Waals surface area (Å²) in [6, 6.07) is 8.49. The number of nitriles is 1. The number of aromatic carboxylic acids is 1. The number of carbonyl (C=O) groups is 1. The molecule has 1 heterocycles. The zero-order valence-electron chi connectivity index (χ0n) is 8.12. The van der Waals surface area contributed by atoms with E-state index in [1.165, 1.54) is 17.0 Å². The number of carboxylic acids is 1. The minimum Gasteiger partial charge on any atom is -0.542 e. The van der Waals surface area contributed by atoms with E-state index in [1.54, 1.807) is 24.3 Å². The summed E-state index contributed by atoms with van der Waals surface area (Å²) in [5.41, 5.74) is 1.13. The van der Waals surface area contributed by atoms with Gasteiger partial charge in [-0.25, -0.2) is 4.98 Å². The highest BCUT2D eigenvalue weighted by Gasteiger charge is 2.05. The molecule has 1 aromatic carbocycles. The van der Waals surface area contributed by atoms with Gasteiger partial charge in [0.1, 0.15) is 5.97 Å². The zero-order valence-corrected chi connectivity index (χ0v) is 8.12. The van der Waals surface area contributed by atoms with E-state index >= 15 is 0 Å². The fourth-order valence-corrected chi connectivity index (χ4v) is 1.36. The summed E-state index contributed by atoms with van der Waals surface area (Å²) in [4.78, 5) is 14.4. The zero-order chi connectivity index (χ0) is 11.5. The first-order valence-electron chi connectivity index (χ1n) is 4.47. The number of carbonyl (C=O) groups excluding carboxylic acids is 1. The lowest BCUT2D eigenvalue weighted by Crippen LogP contribution is -2.26. The van der Waals surface area contributed by atoms with Crippen LogP contribution in [0.4, 0.5) is 0 Å². The van der Waals surface area contributed by atoms with Gasteiger partial charge in [0.15, 0.2) is 5.82 Å². The van der Waals surface area contributed by atoms with Crippen LogP contribution in [0.2, 0.25) is 0 Å².